The number of carbonyl (C=O) groups is 1. The molecular formula is C21H23N5O3. The molecule has 0 aliphatic heterocycles. The third-order valence-corrected chi connectivity index (χ3v) is 4.91. The van der Waals surface area contributed by atoms with Crippen molar-refractivity contribution in [3.05, 3.63) is 81.7 Å². The number of hydrogen-bond donors (Lipinski definition) is 1. The van der Waals surface area contributed by atoms with Crippen LogP contribution in [0.15, 0.2) is 54.6 Å². The van der Waals surface area contributed by atoms with E-state index in [1.54, 1.807) is 19.1 Å². The number of nitro groups is 1. The van der Waals surface area contributed by atoms with Crippen molar-refractivity contribution in [3.63, 3.8) is 0 Å². The summed E-state index contributed by atoms with van der Waals surface area (Å²) in [6.45, 7) is 6.43. The van der Waals surface area contributed by atoms with Gasteiger partial charge in [0.2, 0.25) is 0 Å². The van der Waals surface area contributed by atoms with Crippen LogP contribution in [0.3, 0.4) is 0 Å². The molecule has 0 aliphatic rings. The third kappa shape index (κ3) is 4.48. The van der Waals surface area contributed by atoms with Crippen molar-refractivity contribution in [2.24, 2.45) is 5.92 Å². The molecule has 1 aromatic heterocycles. The van der Waals surface area contributed by atoms with E-state index in [9.17, 15) is 14.9 Å². The molecule has 0 spiro atoms. The fourth-order valence-corrected chi connectivity index (χ4v) is 3.25. The number of aromatic nitrogens is 3. The largest absolute Gasteiger partial charge is 0.350 e. The van der Waals surface area contributed by atoms with Crippen molar-refractivity contribution in [2.75, 3.05) is 6.54 Å². The number of nitrogens with one attached hydrogen (secondary N) is 1. The van der Waals surface area contributed by atoms with Gasteiger partial charge in [0, 0.05) is 24.6 Å². The lowest BCUT2D eigenvalue weighted by Gasteiger charge is -2.21. The zero-order chi connectivity index (χ0) is 21.0. The van der Waals surface area contributed by atoms with E-state index in [1.807, 2.05) is 18.2 Å². The molecule has 0 saturated heterocycles. The normalized spacial score (nSPS) is 12.0. The first kappa shape index (κ1) is 20.2. The molecule has 1 N–H and O–H groups in total. The van der Waals surface area contributed by atoms with Crippen molar-refractivity contribution in [1.29, 1.82) is 0 Å². The molecule has 2 aromatic carbocycles. The van der Waals surface area contributed by atoms with Gasteiger partial charge in [0.1, 0.15) is 0 Å². The maximum absolute atomic E-state index is 12.7. The molecule has 29 heavy (non-hydrogen) atoms. The summed E-state index contributed by atoms with van der Waals surface area (Å²) in [5.41, 5.74) is 2.31. The molecule has 0 aliphatic carbocycles. The van der Waals surface area contributed by atoms with E-state index < -0.39 is 4.92 Å². The number of rotatable bonds is 7. The van der Waals surface area contributed by atoms with Gasteiger partial charge in [0.05, 0.1) is 16.3 Å². The Balaban J connectivity index is 1.77. The van der Waals surface area contributed by atoms with Gasteiger partial charge in [0.15, 0.2) is 5.69 Å². The van der Waals surface area contributed by atoms with Crippen molar-refractivity contribution in [1.82, 2.24) is 20.3 Å². The number of carbonyl (C=O) groups excluding carboxylic acids is 1. The Morgan fingerprint density at radius 2 is 1.90 bits per heavy atom. The summed E-state index contributed by atoms with van der Waals surface area (Å²) in [5, 5.41) is 22.0. The van der Waals surface area contributed by atoms with E-state index in [0.29, 0.717) is 23.8 Å². The molecule has 0 fully saturated rings. The van der Waals surface area contributed by atoms with Crippen LogP contribution in [0.1, 0.15) is 41.5 Å². The predicted molar refractivity (Wildman–Crippen MR) is 109 cm³/mol. The van der Waals surface area contributed by atoms with Crippen molar-refractivity contribution in [3.8, 4) is 5.69 Å². The smallest absolute Gasteiger partial charge is 0.273 e. The van der Waals surface area contributed by atoms with Gasteiger partial charge in [-0.25, -0.2) is 4.68 Å². The maximum Gasteiger partial charge on any atom is 0.273 e. The minimum atomic E-state index is -0.473. The first-order valence-electron chi connectivity index (χ1n) is 9.38. The van der Waals surface area contributed by atoms with Crippen LogP contribution >= 0.6 is 0 Å². The third-order valence-electron chi connectivity index (χ3n) is 4.91. The standard InChI is InChI=1S/C21H23N5O3/c1-14(2)19(16-8-5-4-6-9-16)13-22-21(27)20-15(3)25(24-23-20)17-10-7-11-18(12-17)26(28)29/h4-12,14,19H,13H2,1-3H3,(H,22,27). The number of nitrogens with zero attached hydrogens (tertiary/aromatic N) is 4. The molecule has 0 bridgehead atoms. The highest BCUT2D eigenvalue weighted by Gasteiger charge is 2.21. The van der Waals surface area contributed by atoms with Crippen molar-refractivity contribution in [2.45, 2.75) is 26.7 Å². The molecule has 150 valence electrons. The van der Waals surface area contributed by atoms with Crippen LogP contribution in [0.25, 0.3) is 5.69 Å². The Morgan fingerprint density at radius 3 is 2.55 bits per heavy atom. The van der Waals surface area contributed by atoms with Gasteiger partial charge in [-0.15, -0.1) is 5.10 Å². The Hall–Kier alpha value is -3.55. The minimum absolute atomic E-state index is 0.0500. The predicted octanol–water partition coefficient (Wildman–Crippen LogP) is 3.65. The van der Waals surface area contributed by atoms with Crippen molar-refractivity contribution < 1.29 is 9.72 Å². The molecule has 1 amide bonds. The van der Waals surface area contributed by atoms with Crippen molar-refractivity contribution >= 4 is 11.6 Å². The lowest BCUT2D eigenvalue weighted by atomic mass is 9.88. The minimum Gasteiger partial charge on any atom is -0.350 e. The topological polar surface area (TPSA) is 103 Å². The van der Waals surface area contributed by atoms with Gasteiger partial charge in [-0.1, -0.05) is 55.5 Å². The van der Waals surface area contributed by atoms with Crippen LogP contribution in [0.2, 0.25) is 0 Å². The average Bonchev–Trinajstić information content (AvgIpc) is 3.10. The highest BCUT2D eigenvalue weighted by atomic mass is 16.6. The van der Waals surface area contributed by atoms with E-state index in [-0.39, 0.29) is 23.2 Å². The molecule has 1 unspecified atom stereocenters. The average molecular weight is 393 g/mol. The fourth-order valence-electron chi connectivity index (χ4n) is 3.25. The monoisotopic (exact) mass is 393 g/mol. The number of benzene rings is 2. The number of nitro benzene ring substituents is 1. The zero-order valence-corrected chi connectivity index (χ0v) is 16.6. The van der Waals surface area contributed by atoms with Gasteiger partial charge in [-0.05, 0) is 24.5 Å². The lowest BCUT2D eigenvalue weighted by molar-refractivity contribution is -0.384. The molecule has 0 saturated carbocycles. The molecule has 8 heteroatoms. The summed E-state index contributed by atoms with van der Waals surface area (Å²) in [5.74, 6) is 0.201. The van der Waals surface area contributed by atoms with Gasteiger partial charge in [-0.3, -0.25) is 14.9 Å². The van der Waals surface area contributed by atoms with E-state index in [0.717, 1.165) is 0 Å². The number of amides is 1. The first-order valence-corrected chi connectivity index (χ1v) is 9.38. The molecule has 3 rings (SSSR count). The van der Waals surface area contributed by atoms with Gasteiger partial charge < -0.3 is 5.32 Å². The summed E-state index contributed by atoms with van der Waals surface area (Å²) in [6, 6.07) is 16.1. The van der Waals surface area contributed by atoms with E-state index in [4.69, 9.17) is 0 Å². The summed E-state index contributed by atoms with van der Waals surface area (Å²) >= 11 is 0. The first-order chi connectivity index (χ1) is 13.9. The SMILES string of the molecule is Cc1c(C(=O)NCC(c2ccccc2)C(C)C)nnn1-c1cccc([N+](=O)[O-])c1. The molecular weight excluding hydrogens is 370 g/mol. The lowest BCUT2D eigenvalue weighted by Crippen LogP contribution is -2.31. The number of hydrogen-bond acceptors (Lipinski definition) is 5. The van der Waals surface area contributed by atoms with E-state index >= 15 is 0 Å². The second-order valence-electron chi connectivity index (χ2n) is 7.18. The van der Waals surface area contributed by atoms with Crippen LogP contribution in [0.4, 0.5) is 5.69 Å². The fraction of sp³-hybridized carbons (Fsp3) is 0.286. The highest BCUT2D eigenvalue weighted by Crippen LogP contribution is 2.24. The van der Waals surface area contributed by atoms with Gasteiger partial charge >= 0.3 is 0 Å². The van der Waals surface area contributed by atoms with Gasteiger partial charge in [-0.2, -0.15) is 0 Å². The van der Waals surface area contributed by atoms with Crippen LogP contribution in [-0.4, -0.2) is 32.4 Å². The second kappa shape index (κ2) is 8.64. The number of non-ortho nitro benzene ring substituents is 1. The molecule has 1 atom stereocenters. The Bertz CT molecular complexity index is 1010. The Kier molecular flexibility index (Phi) is 6.01. The van der Waals surface area contributed by atoms with Crippen LogP contribution < -0.4 is 5.32 Å². The molecule has 0 radical (unpaired) electrons. The second-order valence-corrected chi connectivity index (χ2v) is 7.18. The van der Waals surface area contributed by atoms with E-state index in [2.05, 4.69) is 41.6 Å². The quantitative estimate of drug-likeness (QED) is 0.487. The Labute approximate surface area is 168 Å². The molecule has 1 heterocycles. The van der Waals surface area contributed by atoms with Crippen LogP contribution in [0.5, 0.6) is 0 Å². The van der Waals surface area contributed by atoms with E-state index in [1.165, 1.54) is 22.4 Å². The van der Waals surface area contributed by atoms with Crippen LogP contribution in [-0.2, 0) is 0 Å². The summed E-state index contributed by atoms with van der Waals surface area (Å²) in [7, 11) is 0. The maximum atomic E-state index is 12.7. The highest BCUT2D eigenvalue weighted by molar-refractivity contribution is 5.93. The Morgan fingerprint density at radius 1 is 1.17 bits per heavy atom. The molecule has 3 aromatic rings. The van der Waals surface area contributed by atoms with Crippen LogP contribution in [0, 0.1) is 23.0 Å². The van der Waals surface area contributed by atoms with Gasteiger partial charge in [0.25, 0.3) is 11.6 Å². The summed E-state index contributed by atoms with van der Waals surface area (Å²) in [4.78, 5) is 23.2. The molecule has 8 nitrogen and oxygen atoms in total. The summed E-state index contributed by atoms with van der Waals surface area (Å²) in [6.07, 6.45) is 0. The summed E-state index contributed by atoms with van der Waals surface area (Å²) < 4.78 is 1.43. The zero-order valence-electron chi connectivity index (χ0n) is 16.6.